The number of pyridine rings is 1. The summed E-state index contributed by atoms with van der Waals surface area (Å²) < 4.78 is 23.1. The minimum absolute atomic E-state index is 0.558. The minimum Gasteiger partial charge on any atom is -0.493 e. The summed E-state index contributed by atoms with van der Waals surface area (Å²) in [6.07, 6.45) is 5.77. The zero-order valence-corrected chi connectivity index (χ0v) is 28.6. The van der Waals surface area contributed by atoms with Crippen LogP contribution in [0, 0.1) is 34.6 Å². The topological polar surface area (TPSA) is 63.3 Å². The van der Waals surface area contributed by atoms with E-state index in [0.717, 1.165) is 84.3 Å². The Morgan fingerprint density at radius 1 is 0.667 bits per heavy atom. The summed E-state index contributed by atoms with van der Waals surface area (Å²) >= 11 is 0. The molecule has 0 saturated heterocycles. The fourth-order valence-corrected chi connectivity index (χ4v) is 6.56. The fraction of sp³-hybridized carbons (Fsp3) is 0.220. The van der Waals surface area contributed by atoms with Gasteiger partial charge in [0.05, 0.1) is 41.7 Å². The summed E-state index contributed by atoms with van der Waals surface area (Å²) in [5, 5.41) is 7.12. The molecule has 242 valence electrons. The van der Waals surface area contributed by atoms with Crippen LogP contribution in [-0.4, -0.2) is 32.5 Å². The van der Waals surface area contributed by atoms with Gasteiger partial charge in [-0.25, -0.2) is 9.67 Å². The molecule has 7 aromatic rings. The van der Waals surface area contributed by atoms with Gasteiger partial charge in [-0.3, -0.25) is 4.57 Å². The highest BCUT2D eigenvalue weighted by Crippen LogP contribution is 2.45. The molecule has 7 rings (SSSR count). The van der Waals surface area contributed by atoms with Gasteiger partial charge in [0.1, 0.15) is 28.8 Å². The lowest BCUT2D eigenvalue weighted by molar-refractivity contribution is 0.322. The first kappa shape index (κ1) is 31.1. The molecule has 4 aromatic carbocycles. The van der Waals surface area contributed by atoms with Crippen LogP contribution in [0.15, 0.2) is 91.4 Å². The molecule has 0 radical (unpaired) electrons. The maximum absolute atomic E-state index is 6.56. The largest absolute Gasteiger partial charge is 0.493 e. The number of nitrogens with zero attached hydrogens (tertiary/aromatic N) is 4. The van der Waals surface area contributed by atoms with Gasteiger partial charge in [0, 0.05) is 40.9 Å². The number of hydrogen-bond donors (Lipinski definition) is 0. The normalized spacial score (nSPS) is 11.4. The van der Waals surface area contributed by atoms with E-state index in [4.69, 9.17) is 24.3 Å². The molecule has 48 heavy (non-hydrogen) atoms. The lowest BCUT2D eigenvalue weighted by Crippen LogP contribution is -2.05. The van der Waals surface area contributed by atoms with Gasteiger partial charge < -0.3 is 14.2 Å². The molecule has 7 nitrogen and oxygen atoms in total. The average molecular weight is 637 g/mol. The number of para-hydroxylation sites is 1. The van der Waals surface area contributed by atoms with Crippen molar-refractivity contribution < 1.29 is 14.2 Å². The van der Waals surface area contributed by atoms with E-state index >= 15 is 0 Å². The Morgan fingerprint density at radius 2 is 1.40 bits per heavy atom. The maximum atomic E-state index is 6.56. The van der Waals surface area contributed by atoms with Crippen molar-refractivity contribution in [2.75, 3.05) is 13.2 Å². The standard InChI is InChI=1S/C41H40N4O3/c1-8-46-40-28(6)27(5)29(7)41(47-9-2)39(40)30-23-43-44(24-30)31-18-26(4)19-33(21-31)48-32-14-15-35-34-12-10-11-13-36(34)45(37(35)22-32)38-20-25(3)16-17-42-38/h10-24H,8-9H2,1-7H3. The van der Waals surface area contributed by atoms with Crippen LogP contribution in [0.3, 0.4) is 0 Å². The summed E-state index contributed by atoms with van der Waals surface area (Å²) in [7, 11) is 0. The minimum atomic E-state index is 0.558. The van der Waals surface area contributed by atoms with Gasteiger partial charge in [0.2, 0.25) is 0 Å². The highest BCUT2D eigenvalue weighted by atomic mass is 16.5. The van der Waals surface area contributed by atoms with Crippen LogP contribution in [0.5, 0.6) is 23.0 Å². The average Bonchev–Trinajstić information content (AvgIpc) is 3.69. The quantitative estimate of drug-likeness (QED) is 0.158. The fourth-order valence-electron chi connectivity index (χ4n) is 6.56. The number of aromatic nitrogens is 4. The Morgan fingerprint density at radius 3 is 2.12 bits per heavy atom. The van der Waals surface area contributed by atoms with Crippen molar-refractivity contribution >= 4 is 21.8 Å². The van der Waals surface area contributed by atoms with E-state index in [1.807, 2.05) is 61.4 Å². The molecule has 0 atom stereocenters. The van der Waals surface area contributed by atoms with Crippen LogP contribution < -0.4 is 14.2 Å². The molecule has 0 aliphatic heterocycles. The van der Waals surface area contributed by atoms with Crippen molar-refractivity contribution in [3.05, 3.63) is 119 Å². The van der Waals surface area contributed by atoms with E-state index in [2.05, 4.69) is 87.7 Å². The van der Waals surface area contributed by atoms with E-state index < -0.39 is 0 Å². The van der Waals surface area contributed by atoms with Gasteiger partial charge in [0.25, 0.3) is 0 Å². The first-order chi connectivity index (χ1) is 23.3. The third-order valence-corrected chi connectivity index (χ3v) is 9.02. The van der Waals surface area contributed by atoms with Gasteiger partial charge in [-0.05, 0) is 119 Å². The van der Waals surface area contributed by atoms with Crippen LogP contribution >= 0.6 is 0 Å². The zero-order chi connectivity index (χ0) is 33.5. The number of fused-ring (bicyclic) bond motifs is 3. The molecular weight excluding hydrogens is 596 g/mol. The SMILES string of the molecule is CCOc1c(C)c(C)c(C)c(OCC)c1-c1cnn(-c2cc(C)cc(Oc3ccc4c5ccccc5n(-c5cc(C)ccn5)c4c3)c2)c1. The van der Waals surface area contributed by atoms with Crippen molar-refractivity contribution in [3.8, 4) is 45.6 Å². The van der Waals surface area contributed by atoms with Crippen molar-refractivity contribution in [3.63, 3.8) is 0 Å². The van der Waals surface area contributed by atoms with Crippen LogP contribution in [-0.2, 0) is 0 Å². The molecule has 3 heterocycles. The number of ether oxygens (including phenoxy) is 3. The molecule has 7 heteroatoms. The lowest BCUT2D eigenvalue weighted by atomic mass is 9.94. The van der Waals surface area contributed by atoms with Gasteiger partial charge in [0.15, 0.2) is 0 Å². The summed E-state index contributed by atoms with van der Waals surface area (Å²) in [5.74, 6) is 4.02. The van der Waals surface area contributed by atoms with E-state index in [1.54, 1.807) is 0 Å². The van der Waals surface area contributed by atoms with E-state index in [0.29, 0.717) is 13.2 Å². The molecule has 0 aliphatic carbocycles. The molecule has 0 unspecified atom stereocenters. The van der Waals surface area contributed by atoms with Gasteiger partial charge in [-0.1, -0.05) is 18.2 Å². The number of hydrogen-bond acceptors (Lipinski definition) is 5. The van der Waals surface area contributed by atoms with Crippen LogP contribution in [0.4, 0.5) is 0 Å². The highest BCUT2D eigenvalue weighted by molar-refractivity contribution is 6.09. The predicted molar refractivity (Wildman–Crippen MR) is 194 cm³/mol. The predicted octanol–water partition coefficient (Wildman–Crippen LogP) is 10.2. The zero-order valence-electron chi connectivity index (χ0n) is 28.6. The molecule has 0 fully saturated rings. The molecule has 3 aromatic heterocycles. The number of aryl methyl sites for hydroxylation is 2. The number of benzene rings is 4. The molecule has 0 amide bonds. The number of rotatable bonds is 9. The Labute approximate surface area is 281 Å². The first-order valence-electron chi connectivity index (χ1n) is 16.5. The second-order valence-electron chi connectivity index (χ2n) is 12.3. The molecule has 0 N–H and O–H groups in total. The highest BCUT2D eigenvalue weighted by Gasteiger charge is 2.23. The third kappa shape index (κ3) is 5.45. The van der Waals surface area contributed by atoms with Crippen molar-refractivity contribution in [1.82, 2.24) is 19.3 Å². The van der Waals surface area contributed by atoms with Crippen molar-refractivity contribution in [2.24, 2.45) is 0 Å². The summed E-state index contributed by atoms with van der Waals surface area (Å²) in [5.41, 5.74) is 10.5. The Balaban J connectivity index is 1.28. The molecule has 0 bridgehead atoms. The van der Waals surface area contributed by atoms with E-state index in [9.17, 15) is 0 Å². The second kappa shape index (κ2) is 12.6. The Bertz CT molecular complexity index is 2280. The van der Waals surface area contributed by atoms with Gasteiger partial charge >= 0.3 is 0 Å². The maximum Gasteiger partial charge on any atom is 0.137 e. The first-order valence-corrected chi connectivity index (χ1v) is 16.5. The van der Waals surface area contributed by atoms with E-state index in [-0.39, 0.29) is 0 Å². The van der Waals surface area contributed by atoms with Crippen molar-refractivity contribution in [1.29, 1.82) is 0 Å². The van der Waals surface area contributed by atoms with Crippen LogP contribution in [0.1, 0.15) is 41.7 Å². The Hall–Kier alpha value is -5.56. The molecule has 0 saturated carbocycles. The Kier molecular flexibility index (Phi) is 8.13. The monoisotopic (exact) mass is 636 g/mol. The lowest BCUT2D eigenvalue weighted by Gasteiger charge is -2.21. The van der Waals surface area contributed by atoms with Crippen molar-refractivity contribution in [2.45, 2.75) is 48.5 Å². The van der Waals surface area contributed by atoms with E-state index in [1.165, 1.54) is 10.9 Å². The summed E-state index contributed by atoms with van der Waals surface area (Å²) in [4.78, 5) is 4.72. The third-order valence-electron chi connectivity index (χ3n) is 9.02. The van der Waals surface area contributed by atoms with Crippen LogP contribution in [0.25, 0.3) is 44.4 Å². The van der Waals surface area contributed by atoms with Gasteiger partial charge in [-0.15, -0.1) is 0 Å². The molecular formula is C41H40N4O3. The second-order valence-corrected chi connectivity index (χ2v) is 12.3. The van der Waals surface area contributed by atoms with Gasteiger partial charge in [-0.2, -0.15) is 5.10 Å². The molecule has 0 spiro atoms. The summed E-state index contributed by atoms with van der Waals surface area (Å²) in [6.45, 7) is 15.6. The summed E-state index contributed by atoms with van der Waals surface area (Å²) in [6, 6.07) is 25.0. The van der Waals surface area contributed by atoms with Crippen LogP contribution in [0.2, 0.25) is 0 Å². The smallest absolute Gasteiger partial charge is 0.137 e. The molecule has 0 aliphatic rings.